The van der Waals surface area contributed by atoms with Crippen LogP contribution >= 0.6 is 0 Å². The van der Waals surface area contributed by atoms with Crippen LogP contribution in [0, 0.1) is 23.5 Å². The topological polar surface area (TPSA) is 20.2 Å². The Labute approximate surface area is 106 Å². The van der Waals surface area contributed by atoms with E-state index < -0.39 is 17.2 Å². The standard InChI is InChI=1S/C15H18F2O/c16-12-5-6-14(17)13(8-12)15(18)7-1-2-11(9-15)10-3-4-10/h5-6,8,10-11,18H,1-4,7,9H2. The fourth-order valence-corrected chi connectivity index (χ4v) is 3.36. The molecule has 0 aliphatic heterocycles. The third kappa shape index (κ3) is 2.16. The quantitative estimate of drug-likeness (QED) is 0.849. The van der Waals surface area contributed by atoms with E-state index in [2.05, 4.69) is 0 Å². The Balaban J connectivity index is 1.90. The Morgan fingerprint density at radius 3 is 2.61 bits per heavy atom. The average molecular weight is 252 g/mol. The molecule has 1 aromatic rings. The zero-order chi connectivity index (χ0) is 12.8. The molecule has 0 bridgehead atoms. The first-order chi connectivity index (χ1) is 8.58. The Morgan fingerprint density at radius 1 is 1.11 bits per heavy atom. The predicted molar refractivity (Wildman–Crippen MR) is 64.9 cm³/mol. The van der Waals surface area contributed by atoms with E-state index in [1.165, 1.54) is 12.8 Å². The molecule has 1 aromatic carbocycles. The van der Waals surface area contributed by atoms with Crippen molar-refractivity contribution in [2.45, 2.75) is 44.1 Å². The second-order valence-electron chi connectivity index (χ2n) is 5.85. The van der Waals surface area contributed by atoms with Gasteiger partial charge in [-0.05, 0) is 68.6 Å². The van der Waals surface area contributed by atoms with Crippen LogP contribution in [0.2, 0.25) is 0 Å². The van der Waals surface area contributed by atoms with Gasteiger partial charge in [0.1, 0.15) is 11.6 Å². The molecule has 18 heavy (non-hydrogen) atoms. The van der Waals surface area contributed by atoms with E-state index in [1.54, 1.807) is 0 Å². The van der Waals surface area contributed by atoms with Gasteiger partial charge in [0, 0.05) is 5.56 Å². The highest BCUT2D eigenvalue weighted by atomic mass is 19.1. The van der Waals surface area contributed by atoms with E-state index in [4.69, 9.17) is 0 Å². The van der Waals surface area contributed by atoms with Crippen LogP contribution in [0.15, 0.2) is 18.2 Å². The number of aliphatic hydroxyl groups is 1. The van der Waals surface area contributed by atoms with Gasteiger partial charge in [0.15, 0.2) is 0 Å². The molecule has 2 fully saturated rings. The molecule has 0 amide bonds. The van der Waals surface area contributed by atoms with Crippen molar-refractivity contribution in [1.29, 1.82) is 0 Å². The molecule has 1 nitrogen and oxygen atoms in total. The molecular formula is C15H18F2O. The lowest BCUT2D eigenvalue weighted by Crippen LogP contribution is -2.34. The van der Waals surface area contributed by atoms with Gasteiger partial charge in [-0.2, -0.15) is 0 Å². The Bertz CT molecular complexity index is 456. The Kier molecular flexibility index (Phi) is 2.89. The summed E-state index contributed by atoms with van der Waals surface area (Å²) in [6, 6.07) is 3.37. The van der Waals surface area contributed by atoms with E-state index in [0.29, 0.717) is 24.7 Å². The van der Waals surface area contributed by atoms with Crippen LogP contribution in [-0.4, -0.2) is 5.11 Å². The van der Waals surface area contributed by atoms with Gasteiger partial charge in [-0.3, -0.25) is 0 Å². The first kappa shape index (κ1) is 12.1. The summed E-state index contributed by atoms with van der Waals surface area (Å²) in [5.41, 5.74) is -1.02. The number of hydrogen-bond acceptors (Lipinski definition) is 1. The zero-order valence-corrected chi connectivity index (χ0v) is 10.3. The minimum atomic E-state index is -1.17. The smallest absolute Gasteiger partial charge is 0.129 e. The second kappa shape index (κ2) is 4.30. The Morgan fingerprint density at radius 2 is 1.89 bits per heavy atom. The summed E-state index contributed by atoms with van der Waals surface area (Å²) in [5, 5.41) is 10.7. The lowest BCUT2D eigenvalue weighted by molar-refractivity contribution is -0.0280. The fraction of sp³-hybridized carbons (Fsp3) is 0.600. The summed E-state index contributed by atoms with van der Waals surface area (Å²) in [6.07, 6.45) is 5.59. The monoisotopic (exact) mass is 252 g/mol. The molecule has 0 saturated heterocycles. The zero-order valence-electron chi connectivity index (χ0n) is 10.3. The predicted octanol–water partition coefficient (Wildman–Crippen LogP) is 3.75. The van der Waals surface area contributed by atoms with E-state index in [0.717, 1.165) is 31.0 Å². The fourth-order valence-electron chi connectivity index (χ4n) is 3.36. The molecule has 3 heteroatoms. The number of hydrogen-bond donors (Lipinski definition) is 1. The largest absolute Gasteiger partial charge is 0.385 e. The van der Waals surface area contributed by atoms with Gasteiger partial charge in [0.2, 0.25) is 0 Å². The van der Waals surface area contributed by atoms with Crippen molar-refractivity contribution < 1.29 is 13.9 Å². The first-order valence-electron chi connectivity index (χ1n) is 6.76. The van der Waals surface area contributed by atoms with Crippen LogP contribution in [0.1, 0.15) is 44.1 Å². The number of rotatable bonds is 2. The molecule has 0 spiro atoms. The van der Waals surface area contributed by atoms with Crippen LogP contribution in [0.4, 0.5) is 8.78 Å². The van der Waals surface area contributed by atoms with E-state index in [1.807, 2.05) is 0 Å². The number of halogens is 2. The molecule has 0 radical (unpaired) electrons. The molecule has 0 heterocycles. The number of benzene rings is 1. The third-order valence-corrected chi connectivity index (χ3v) is 4.48. The molecule has 2 aliphatic carbocycles. The van der Waals surface area contributed by atoms with Crippen LogP contribution in [0.5, 0.6) is 0 Å². The van der Waals surface area contributed by atoms with Crippen molar-refractivity contribution >= 4 is 0 Å². The van der Waals surface area contributed by atoms with Crippen molar-refractivity contribution in [3.63, 3.8) is 0 Å². The van der Waals surface area contributed by atoms with Crippen molar-refractivity contribution in [2.24, 2.45) is 11.8 Å². The molecular weight excluding hydrogens is 234 g/mol. The maximum absolute atomic E-state index is 13.8. The highest BCUT2D eigenvalue weighted by molar-refractivity contribution is 5.26. The normalized spacial score (nSPS) is 32.5. The molecule has 0 aromatic heterocycles. The molecule has 2 aliphatic rings. The van der Waals surface area contributed by atoms with Crippen LogP contribution in [0.3, 0.4) is 0 Å². The maximum Gasteiger partial charge on any atom is 0.129 e. The molecule has 3 rings (SSSR count). The van der Waals surface area contributed by atoms with Gasteiger partial charge >= 0.3 is 0 Å². The van der Waals surface area contributed by atoms with Crippen molar-refractivity contribution in [3.05, 3.63) is 35.4 Å². The molecule has 2 unspecified atom stereocenters. The molecule has 1 N–H and O–H groups in total. The third-order valence-electron chi connectivity index (χ3n) is 4.48. The minimum Gasteiger partial charge on any atom is -0.385 e. The highest BCUT2D eigenvalue weighted by Gasteiger charge is 2.43. The summed E-state index contributed by atoms with van der Waals surface area (Å²) >= 11 is 0. The van der Waals surface area contributed by atoms with E-state index in [-0.39, 0.29) is 5.56 Å². The van der Waals surface area contributed by atoms with Crippen LogP contribution < -0.4 is 0 Å². The van der Waals surface area contributed by atoms with Crippen molar-refractivity contribution in [2.75, 3.05) is 0 Å². The van der Waals surface area contributed by atoms with Crippen LogP contribution in [0.25, 0.3) is 0 Å². The summed E-state index contributed by atoms with van der Waals surface area (Å²) in [6.45, 7) is 0. The molecule has 2 atom stereocenters. The lowest BCUT2D eigenvalue weighted by atomic mass is 9.72. The van der Waals surface area contributed by atoms with Gasteiger partial charge in [0.05, 0.1) is 5.60 Å². The lowest BCUT2D eigenvalue weighted by Gasteiger charge is -2.37. The average Bonchev–Trinajstić information content (AvgIpc) is 3.16. The SMILES string of the molecule is OC1(c2cc(F)ccc2F)CCCC(C2CC2)C1. The van der Waals surface area contributed by atoms with Gasteiger partial charge in [0.25, 0.3) is 0 Å². The van der Waals surface area contributed by atoms with E-state index in [9.17, 15) is 13.9 Å². The summed E-state index contributed by atoms with van der Waals surface area (Å²) in [4.78, 5) is 0. The molecule has 2 saturated carbocycles. The summed E-state index contributed by atoms with van der Waals surface area (Å²) in [7, 11) is 0. The van der Waals surface area contributed by atoms with Gasteiger partial charge in [-0.25, -0.2) is 8.78 Å². The van der Waals surface area contributed by atoms with Gasteiger partial charge in [-0.15, -0.1) is 0 Å². The van der Waals surface area contributed by atoms with Gasteiger partial charge in [-0.1, -0.05) is 0 Å². The maximum atomic E-state index is 13.8. The Hall–Kier alpha value is -0.960. The first-order valence-corrected chi connectivity index (χ1v) is 6.76. The summed E-state index contributed by atoms with van der Waals surface area (Å²) < 4.78 is 27.1. The minimum absolute atomic E-state index is 0.146. The van der Waals surface area contributed by atoms with E-state index >= 15 is 0 Å². The second-order valence-corrected chi connectivity index (χ2v) is 5.85. The van der Waals surface area contributed by atoms with Crippen molar-refractivity contribution in [1.82, 2.24) is 0 Å². The highest BCUT2D eigenvalue weighted by Crippen LogP contribution is 2.49. The summed E-state index contributed by atoms with van der Waals surface area (Å²) in [5.74, 6) is 0.212. The molecule has 98 valence electrons. The van der Waals surface area contributed by atoms with Gasteiger partial charge < -0.3 is 5.11 Å². The van der Waals surface area contributed by atoms with Crippen LogP contribution in [-0.2, 0) is 5.60 Å². The van der Waals surface area contributed by atoms with Crippen molar-refractivity contribution in [3.8, 4) is 0 Å².